The van der Waals surface area contributed by atoms with Gasteiger partial charge in [-0.25, -0.2) is 0 Å². The summed E-state index contributed by atoms with van der Waals surface area (Å²) in [6.07, 6.45) is 2.32. The molecule has 3 aromatic carbocycles. The summed E-state index contributed by atoms with van der Waals surface area (Å²) < 4.78 is 0. The van der Waals surface area contributed by atoms with Crippen LogP contribution >= 0.6 is 0 Å². The molecular formula is C28H26N4O3. The predicted octanol–water partition coefficient (Wildman–Crippen LogP) is 3.95. The summed E-state index contributed by atoms with van der Waals surface area (Å²) in [5.74, 6) is -0.855. The molecule has 0 fully saturated rings. The molecule has 0 saturated heterocycles. The van der Waals surface area contributed by atoms with Crippen molar-refractivity contribution >= 4 is 34.3 Å². The molecule has 7 nitrogen and oxygen atoms in total. The number of para-hydroxylation sites is 2. The zero-order valence-electron chi connectivity index (χ0n) is 19.1. The lowest BCUT2D eigenvalue weighted by Gasteiger charge is -2.19. The van der Waals surface area contributed by atoms with Crippen LogP contribution in [0.15, 0.2) is 85.1 Å². The van der Waals surface area contributed by atoms with Gasteiger partial charge in [0.2, 0.25) is 11.8 Å². The molecular weight excluding hydrogens is 440 g/mol. The molecule has 1 unspecified atom stereocenters. The van der Waals surface area contributed by atoms with Crippen molar-refractivity contribution in [2.24, 2.45) is 0 Å². The van der Waals surface area contributed by atoms with E-state index in [1.54, 1.807) is 24.3 Å². The zero-order chi connectivity index (χ0) is 24.2. The van der Waals surface area contributed by atoms with Crippen LogP contribution < -0.4 is 16.0 Å². The Labute approximate surface area is 202 Å². The van der Waals surface area contributed by atoms with E-state index in [0.717, 1.165) is 22.0 Å². The SMILES string of the molecule is O=C(CC[C@@H]1NC(=O)c2ccccc2NC1=O)NCC(c1ccccc1)c1c[nH]c2ccccc12. The van der Waals surface area contributed by atoms with E-state index in [2.05, 4.69) is 39.1 Å². The largest absolute Gasteiger partial charge is 0.361 e. The van der Waals surface area contributed by atoms with Gasteiger partial charge in [0.1, 0.15) is 6.04 Å². The highest BCUT2D eigenvalue weighted by Crippen LogP contribution is 2.30. The lowest BCUT2D eigenvalue weighted by atomic mass is 9.91. The van der Waals surface area contributed by atoms with Crippen molar-refractivity contribution in [3.05, 3.63) is 102 Å². The van der Waals surface area contributed by atoms with Crippen LogP contribution in [0, 0.1) is 0 Å². The van der Waals surface area contributed by atoms with Crippen LogP contribution in [-0.4, -0.2) is 35.3 Å². The number of aromatic nitrogens is 1. The number of hydrogen-bond donors (Lipinski definition) is 4. The standard InChI is InChI=1S/C28H26N4O3/c33-26(15-14-25-28(35)31-24-13-7-5-11-20(24)27(34)32-25)30-16-21(18-8-2-1-3-9-18)22-17-29-23-12-6-4-10-19(22)23/h1-13,17,21,25,29H,14-16H2,(H,30,33)(H,31,35)(H,32,34)/t21?,25-/m0/s1. The normalized spacial score (nSPS) is 16.1. The van der Waals surface area contributed by atoms with Gasteiger partial charge in [0, 0.05) is 36.0 Å². The number of H-pyrrole nitrogens is 1. The Morgan fingerprint density at radius 3 is 2.51 bits per heavy atom. The molecule has 3 amide bonds. The van der Waals surface area contributed by atoms with Crippen molar-refractivity contribution in [2.45, 2.75) is 24.8 Å². The fraction of sp³-hybridized carbons (Fsp3) is 0.179. The van der Waals surface area contributed by atoms with E-state index in [1.165, 1.54) is 0 Å². The lowest BCUT2D eigenvalue weighted by Crippen LogP contribution is -2.42. The number of carbonyl (C=O) groups excluding carboxylic acids is 3. The summed E-state index contributed by atoms with van der Waals surface area (Å²) in [6.45, 7) is 0.416. The van der Waals surface area contributed by atoms with Gasteiger partial charge in [0.25, 0.3) is 5.91 Å². The van der Waals surface area contributed by atoms with Crippen LogP contribution in [0.3, 0.4) is 0 Å². The van der Waals surface area contributed by atoms with E-state index in [1.807, 2.05) is 42.6 Å². The molecule has 1 aromatic heterocycles. The number of benzene rings is 3. The highest BCUT2D eigenvalue weighted by molar-refractivity contribution is 6.09. The van der Waals surface area contributed by atoms with E-state index in [4.69, 9.17) is 0 Å². The van der Waals surface area contributed by atoms with Crippen molar-refractivity contribution in [2.75, 3.05) is 11.9 Å². The monoisotopic (exact) mass is 466 g/mol. The zero-order valence-corrected chi connectivity index (χ0v) is 19.1. The van der Waals surface area contributed by atoms with Gasteiger partial charge < -0.3 is 20.9 Å². The summed E-state index contributed by atoms with van der Waals surface area (Å²) in [6, 6.07) is 24.2. The minimum atomic E-state index is -0.779. The van der Waals surface area contributed by atoms with Crippen molar-refractivity contribution < 1.29 is 14.4 Å². The quantitative estimate of drug-likeness (QED) is 0.332. The first-order valence-electron chi connectivity index (χ1n) is 11.7. The maximum absolute atomic E-state index is 12.8. The first-order chi connectivity index (χ1) is 17.1. The van der Waals surface area contributed by atoms with Gasteiger partial charge in [-0.3, -0.25) is 14.4 Å². The van der Waals surface area contributed by atoms with Gasteiger partial charge >= 0.3 is 0 Å². The summed E-state index contributed by atoms with van der Waals surface area (Å²) in [4.78, 5) is 41.2. The molecule has 4 N–H and O–H groups in total. The lowest BCUT2D eigenvalue weighted by molar-refractivity contribution is -0.121. The van der Waals surface area contributed by atoms with Crippen LogP contribution in [0.4, 0.5) is 5.69 Å². The van der Waals surface area contributed by atoms with Crippen LogP contribution in [0.5, 0.6) is 0 Å². The second kappa shape index (κ2) is 9.85. The predicted molar refractivity (Wildman–Crippen MR) is 135 cm³/mol. The van der Waals surface area contributed by atoms with Gasteiger partial charge in [0.05, 0.1) is 11.3 Å². The van der Waals surface area contributed by atoms with E-state index in [-0.39, 0.29) is 36.5 Å². The third kappa shape index (κ3) is 4.80. The molecule has 0 bridgehead atoms. The van der Waals surface area contributed by atoms with E-state index in [9.17, 15) is 14.4 Å². The number of carbonyl (C=O) groups is 3. The van der Waals surface area contributed by atoms with Crippen molar-refractivity contribution in [3.8, 4) is 0 Å². The topological polar surface area (TPSA) is 103 Å². The maximum Gasteiger partial charge on any atom is 0.254 e. The summed E-state index contributed by atoms with van der Waals surface area (Å²) in [5, 5.41) is 9.67. The average molecular weight is 467 g/mol. The van der Waals surface area contributed by atoms with E-state index >= 15 is 0 Å². The average Bonchev–Trinajstić information content (AvgIpc) is 3.26. The molecule has 0 radical (unpaired) electrons. The summed E-state index contributed by atoms with van der Waals surface area (Å²) in [7, 11) is 0. The first kappa shape index (κ1) is 22.4. The minimum absolute atomic E-state index is 0.0355. The van der Waals surface area contributed by atoms with Crippen molar-refractivity contribution in [3.63, 3.8) is 0 Å². The molecule has 5 rings (SSSR count). The number of amides is 3. The van der Waals surface area contributed by atoms with Crippen molar-refractivity contribution in [1.29, 1.82) is 0 Å². The smallest absolute Gasteiger partial charge is 0.254 e. The fourth-order valence-electron chi connectivity index (χ4n) is 4.57. The molecule has 7 heteroatoms. The molecule has 176 valence electrons. The Morgan fingerprint density at radius 1 is 0.914 bits per heavy atom. The van der Waals surface area contributed by atoms with Crippen LogP contribution in [0.2, 0.25) is 0 Å². The van der Waals surface area contributed by atoms with Crippen LogP contribution in [0.1, 0.15) is 40.2 Å². The van der Waals surface area contributed by atoms with Crippen LogP contribution in [0.25, 0.3) is 10.9 Å². The Balaban J connectivity index is 1.25. The molecule has 1 aliphatic heterocycles. The third-order valence-electron chi connectivity index (χ3n) is 6.41. The van der Waals surface area contributed by atoms with Crippen LogP contribution in [-0.2, 0) is 9.59 Å². The maximum atomic E-state index is 12.8. The number of anilines is 1. The Bertz CT molecular complexity index is 1380. The van der Waals surface area contributed by atoms with Gasteiger partial charge in [-0.05, 0) is 35.7 Å². The first-order valence-corrected chi connectivity index (χ1v) is 11.7. The highest BCUT2D eigenvalue weighted by atomic mass is 16.2. The fourth-order valence-corrected chi connectivity index (χ4v) is 4.57. The molecule has 2 atom stereocenters. The number of nitrogens with one attached hydrogen (secondary N) is 4. The second-order valence-electron chi connectivity index (χ2n) is 8.66. The molecule has 0 aliphatic carbocycles. The third-order valence-corrected chi connectivity index (χ3v) is 6.41. The Morgan fingerprint density at radius 2 is 1.66 bits per heavy atom. The Kier molecular flexibility index (Phi) is 6.30. The van der Waals surface area contributed by atoms with Crippen molar-refractivity contribution in [1.82, 2.24) is 15.6 Å². The van der Waals surface area contributed by atoms with Gasteiger partial charge in [-0.2, -0.15) is 0 Å². The van der Waals surface area contributed by atoms with Gasteiger partial charge in [-0.15, -0.1) is 0 Å². The highest BCUT2D eigenvalue weighted by Gasteiger charge is 2.28. The molecule has 1 aliphatic rings. The number of fused-ring (bicyclic) bond motifs is 2. The Hall–Kier alpha value is -4.39. The van der Waals surface area contributed by atoms with E-state index in [0.29, 0.717) is 17.8 Å². The molecule has 0 spiro atoms. The second-order valence-corrected chi connectivity index (χ2v) is 8.66. The molecule has 35 heavy (non-hydrogen) atoms. The summed E-state index contributed by atoms with van der Waals surface area (Å²) >= 11 is 0. The molecule has 2 heterocycles. The van der Waals surface area contributed by atoms with E-state index < -0.39 is 6.04 Å². The number of rotatable bonds is 7. The number of hydrogen-bond acceptors (Lipinski definition) is 3. The molecule has 0 saturated carbocycles. The van der Waals surface area contributed by atoms with Gasteiger partial charge in [0.15, 0.2) is 0 Å². The summed E-state index contributed by atoms with van der Waals surface area (Å²) in [5.41, 5.74) is 4.15. The molecule has 4 aromatic rings. The minimum Gasteiger partial charge on any atom is -0.361 e. The number of aromatic amines is 1. The van der Waals surface area contributed by atoms with Gasteiger partial charge in [-0.1, -0.05) is 60.7 Å².